The van der Waals surface area contributed by atoms with E-state index in [4.69, 9.17) is 5.73 Å². The van der Waals surface area contributed by atoms with Crippen molar-refractivity contribution in [3.63, 3.8) is 0 Å². The maximum atomic E-state index is 9.33. The van der Waals surface area contributed by atoms with E-state index in [2.05, 4.69) is 39.0 Å². The first-order chi connectivity index (χ1) is 7.72. The largest absolute Gasteiger partial charge is 0.396 e. The molecule has 1 rings (SSSR count). The van der Waals surface area contributed by atoms with Gasteiger partial charge in [-0.15, -0.1) is 0 Å². The van der Waals surface area contributed by atoms with Gasteiger partial charge < -0.3 is 10.8 Å². The van der Waals surface area contributed by atoms with Gasteiger partial charge in [-0.05, 0) is 45.2 Å². The lowest BCUT2D eigenvalue weighted by Gasteiger charge is -2.43. The third-order valence-electron chi connectivity index (χ3n) is 4.02. The summed E-state index contributed by atoms with van der Waals surface area (Å²) in [5.74, 6) is 0. The third kappa shape index (κ3) is 2.70. The van der Waals surface area contributed by atoms with Crippen LogP contribution in [0.4, 0.5) is 0 Å². The number of aryl methyl sites for hydroxylation is 2. The predicted octanol–water partition coefficient (Wildman–Crippen LogP) is 2.68. The highest BCUT2D eigenvalue weighted by molar-refractivity contribution is 5.38. The van der Waals surface area contributed by atoms with Crippen LogP contribution in [0.15, 0.2) is 18.2 Å². The highest BCUT2D eigenvalue weighted by Gasteiger charge is 2.39. The van der Waals surface area contributed by atoms with Crippen molar-refractivity contribution in [2.75, 3.05) is 6.61 Å². The van der Waals surface area contributed by atoms with Crippen molar-refractivity contribution in [1.82, 2.24) is 0 Å². The van der Waals surface area contributed by atoms with Crippen molar-refractivity contribution in [3.05, 3.63) is 34.9 Å². The number of aliphatic hydroxyl groups is 1. The van der Waals surface area contributed by atoms with Gasteiger partial charge in [-0.3, -0.25) is 0 Å². The first-order valence-electron chi connectivity index (χ1n) is 6.20. The Morgan fingerprint density at radius 2 is 1.76 bits per heavy atom. The van der Waals surface area contributed by atoms with Crippen molar-refractivity contribution in [3.8, 4) is 0 Å². The molecular formula is C15H25NO. The van der Waals surface area contributed by atoms with Crippen molar-refractivity contribution in [2.45, 2.75) is 52.0 Å². The zero-order valence-corrected chi connectivity index (χ0v) is 11.7. The molecule has 0 spiro atoms. The fourth-order valence-corrected chi connectivity index (χ4v) is 2.36. The molecule has 3 N–H and O–H groups in total. The summed E-state index contributed by atoms with van der Waals surface area (Å²) >= 11 is 0. The van der Waals surface area contributed by atoms with Gasteiger partial charge in [0, 0.05) is 17.6 Å². The summed E-state index contributed by atoms with van der Waals surface area (Å²) in [6.07, 6.45) is 0.681. The van der Waals surface area contributed by atoms with Crippen LogP contribution in [0.5, 0.6) is 0 Å². The fraction of sp³-hybridized carbons (Fsp3) is 0.600. The molecule has 1 unspecified atom stereocenters. The Morgan fingerprint density at radius 3 is 2.24 bits per heavy atom. The number of hydrogen-bond acceptors (Lipinski definition) is 2. The molecule has 0 bridgehead atoms. The molecule has 0 saturated carbocycles. The predicted molar refractivity (Wildman–Crippen MR) is 73.2 cm³/mol. The maximum Gasteiger partial charge on any atom is 0.0440 e. The molecule has 0 heterocycles. The van der Waals surface area contributed by atoms with Gasteiger partial charge in [0.05, 0.1) is 0 Å². The minimum atomic E-state index is -0.367. The molecule has 1 aromatic carbocycles. The summed E-state index contributed by atoms with van der Waals surface area (Å²) < 4.78 is 0. The monoisotopic (exact) mass is 235 g/mol. The van der Waals surface area contributed by atoms with E-state index in [0.717, 1.165) is 0 Å². The Balaban J connectivity index is 3.37. The van der Waals surface area contributed by atoms with Crippen LogP contribution in [0, 0.1) is 13.8 Å². The second-order valence-electron chi connectivity index (χ2n) is 5.85. The van der Waals surface area contributed by atoms with Gasteiger partial charge in [-0.2, -0.15) is 0 Å². The van der Waals surface area contributed by atoms with E-state index in [9.17, 15) is 5.11 Å². The minimum Gasteiger partial charge on any atom is -0.396 e. The molecule has 0 saturated heterocycles. The van der Waals surface area contributed by atoms with Crippen LogP contribution in [-0.2, 0) is 5.41 Å². The lowest BCUT2D eigenvalue weighted by molar-refractivity contribution is 0.190. The van der Waals surface area contributed by atoms with Crippen molar-refractivity contribution in [2.24, 2.45) is 5.73 Å². The first kappa shape index (κ1) is 14.2. The molecule has 0 fully saturated rings. The van der Waals surface area contributed by atoms with Gasteiger partial charge in [-0.25, -0.2) is 0 Å². The Bertz CT molecular complexity index is 392. The lowest BCUT2D eigenvalue weighted by atomic mass is 9.65. The standard InChI is InChI=1S/C15H25NO/c1-11-6-7-12(2)13(10-11)15(5,8-9-17)14(3,4)16/h6-7,10,17H,8-9,16H2,1-5H3. The SMILES string of the molecule is Cc1ccc(C)c(C(C)(CCO)C(C)(C)N)c1. The molecule has 0 aromatic heterocycles. The zero-order valence-electron chi connectivity index (χ0n) is 11.7. The Labute approximate surface area is 105 Å². The molecule has 0 radical (unpaired) electrons. The van der Waals surface area contributed by atoms with E-state index in [1.54, 1.807) is 0 Å². The smallest absolute Gasteiger partial charge is 0.0440 e. The van der Waals surface area contributed by atoms with Crippen LogP contribution in [0.2, 0.25) is 0 Å². The third-order valence-corrected chi connectivity index (χ3v) is 4.02. The Morgan fingerprint density at radius 1 is 1.18 bits per heavy atom. The van der Waals surface area contributed by atoms with Crippen molar-refractivity contribution < 1.29 is 5.11 Å². The molecule has 0 amide bonds. The summed E-state index contributed by atoms with van der Waals surface area (Å²) in [5.41, 5.74) is 9.49. The van der Waals surface area contributed by atoms with E-state index < -0.39 is 0 Å². The summed E-state index contributed by atoms with van der Waals surface area (Å²) in [5, 5.41) is 9.33. The molecule has 0 aliphatic carbocycles. The number of rotatable bonds is 4. The van der Waals surface area contributed by atoms with Gasteiger partial charge in [0.25, 0.3) is 0 Å². The van der Waals surface area contributed by atoms with Gasteiger partial charge >= 0.3 is 0 Å². The van der Waals surface area contributed by atoms with Crippen LogP contribution in [0.3, 0.4) is 0 Å². The summed E-state index contributed by atoms with van der Waals surface area (Å²) in [4.78, 5) is 0. The van der Waals surface area contributed by atoms with Gasteiger partial charge in [0.15, 0.2) is 0 Å². The molecule has 1 aromatic rings. The highest BCUT2D eigenvalue weighted by atomic mass is 16.3. The lowest BCUT2D eigenvalue weighted by Crippen LogP contribution is -2.53. The molecular weight excluding hydrogens is 210 g/mol. The highest BCUT2D eigenvalue weighted by Crippen LogP contribution is 2.38. The summed E-state index contributed by atoms with van der Waals surface area (Å²) in [7, 11) is 0. The number of benzene rings is 1. The molecule has 0 aliphatic rings. The number of nitrogens with two attached hydrogens (primary N) is 1. The summed E-state index contributed by atoms with van der Waals surface area (Å²) in [6.45, 7) is 10.6. The second kappa shape index (κ2) is 4.79. The van der Waals surface area contributed by atoms with Crippen molar-refractivity contribution in [1.29, 1.82) is 0 Å². The van der Waals surface area contributed by atoms with E-state index in [1.807, 2.05) is 13.8 Å². The average Bonchev–Trinajstić information content (AvgIpc) is 2.20. The Kier molecular flexibility index (Phi) is 4.00. The van der Waals surface area contributed by atoms with E-state index in [1.165, 1.54) is 16.7 Å². The van der Waals surface area contributed by atoms with Crippen molar-refractivity contribution >= 4 is 0 Å². The first-order valence-corrected chi connectivity index (χ1v) is 6.20. The van der Waals surface area contributed by atoms with E-state index in [0.29, 0.717) is 6.42 Å². The number of aliphatic hydroxyl groups excluding tert-OH is 1. The van der Waals surface area contributed by atoms with E-state index >= 15 is 0 Å². The van der Waals surface area contributed by atoms with Crippen LogP contribution < -0.4 is 5.73 Å². The maximum absolute atomic E-state index is 9.33. The molecule has 0 aliphatic heterocycles. The Hall–Kier alpha value is -0.860. The molecule has 17 heavy (non-hydrogen) atoms. The minimum absolute atomic E-state index is 0.157. The molecule has 96 valence electrons. The van der Waals surface area contributed by atoms with E-state index in [-0.39, 0.29) is 17.6 Å². The normalized spacial score (nSPS) is 15.7. The fourth-order valence-electron chi connectivity index (χ4n) is 2.36. The molecule has 2 heteroatoms. The zero-order chi connectivity index (χ0) is 13.3. The van der Waals surface area contributed by atoms with Crippen LogP contribution in [-0.4, -0.2) is 17.3 Å². The topological polar surface area (TPSA) is 46.2 Å². The second-order valence-corrected chi connectivity index (χ2v) is 5.85. The number of hydrogen-bond donors (Lipinski definition) is 2. The van der Waals surface area contributed by atoms with Gasteiger partial charge in [-0.1, -0.05) is 30.7 Å². The average molecular weight is 235 g/mol. The van der Waals surface area contributed by atoms with Crippen LogP contribution in [0.1, 0.15) is 43.9 Å². The van der Waals surface area contributed by atoms with Gasteiger partial charge in [0.2, 0.25) is 0 Å². The molecule has 1 atom stereocenters. The van der Waals surface area contributed by atoms with Crippen LogP contribution in [0.25, 0.3) is 0 Å². The summed E-state index contributed by atoms with van der Waals surface area (Å²) in [6, 6.07) is 6.44. The quantitative estimate of drug-likeness (QED) is 0.843. The molecule has 2 nitrogen and oxygen atoms in total. The van der Waals surface area contributed by atoms with Gasteiger partial charge in [0.1, 0.15) is 0 Å². The van der Waals surface area contributed by atoms with Crippen LogP contribution >= 0.6 is 0 Å².